The van der Waals surface area contributed by atoms with Crippen LogP contribution in [0.4, 0.5) is 0 Å². The van der Waals surface area contributed by atoms with Gasteiger partial charge in [0.05, 0.1) is 0 Å². The highest BCUT2D eigenvalue weighted by molar-refractivity contribution is 7.99. The van der Waals surface area contributed by atoms with Gasteiger partial charge in [0.1, 0.15) is 6.29 Å². The Bertz CT molecular complexity index is 343. The smallest absolute Gasteiger partial charge is 0.127 e. The van der Waals surface area contributed by atoms with E-state index in [1.165, 1.54) is 18.6 Å². The summed E-state index contributed by atoms with van der Waals surface area (Å²) in [7, 11) is 0. The highest BCUT2D eigenvalue weighted by Crippen LogP contribution is 2.33. The topological polar surface area (TPSA) is 17.1 Å². The number of thioether (sulfide) groups is 1. The van der Waals surface area contributed by atoms with Crippen LogP contribution in [0.5, 0.6) is 0 Å². The first-order valence-electron chi connectivity index (χ1n) is 5.60. The molecule has 0 aromatic heterocycles. The van der Waals surface area contributed by atoms with Gasteiger partial charge in [0, 0.05) is 10.9 Å². The molecule has 1 aromatic rings. The lowest BCUT2D eigenvalue weighted by molar-refractivity contribution is -0.110. The van der Waals surface area contributed by atoms with E-state index < -0.39 is 0 Å². The van der Waals surface area contributed by atoms with E-state index in [-0.39, 0.29) is 5.92 Å². The van der Waals surface area contributed by atoms with Crippen molar-refractivity contribution in [2.75, 3.05) is 11.5 Å². The third-order valence-electron chi connectivity index (χ3n) is 3.10. The number of carbonyl (C=O) groups is 1. The Morgan fingerprint density at radius 1 is 1.38 bits per heavy atom. The average Bonchev–Trinajstić information content (AvgIpc) is 2.34. The van der Waals surface area contributed by atoms with Crippen LogP contribution in [0.1, 0.15) is 24.3 Å². The van der Waals surface area contributed by atoms with Crippen LogP contribution >= 0.6 is 23.4 Å². The van der Waals surface area contributed by atoms with Crippen LogP contribution in [0.2, 0.25) is 5.02 Å². The molecule has 0 amide bonds. The molecule has 1 aromatic carbocycles. The maximum Gasteiger partial charge on any atom is 0.127 e. The van der Waals surface area contributed by atoms with E-state index in [2.05, 4.69) is 0 Å². The first-order valence-corrected chi connectivity index (χ1v) is 7.13. The molecule has 1 heterocycles. The highest BCUT2D eigenvalue weighted by atomic mass is 35.5. The Morgan fingerprint density at radius 3 is 2.69 bits per heavy atom. The summed E-state index contributed by atoms with van der Waals surface area (Å²) < 4.78 is 0. The van der Waals surface area contributed by atoms with Crippen molar-refractivity contribution < 1.29 is 4.79 Å². The minimum atomic E-state index is 0.0464. The van der Waals surface area contributed by atoms with E-state index in [4.69, 9.17) is 11.6 Å². The largest absolute Gasteiger partial charge is 0.303 e. The number of hydrogen-bond donors (Lipinski definition) is 0. The monoisotopic (exact) mass is 254 g/mol. The lowest BCUT2D eigenvalue weighted by Crippen LogP contribution is -2.20. The molecule has 0 bridgehead atoms. The third kappa shape index (κ3) is 2.80. The van der Waals surface area contributed by atoms with Gasteiger partial charge in [-0.2, -0.15) is 11.8 Å². The molecule has 0 saturated carbocycles. The molecule has 1 aliphatic heterocycles. The van der Waals surface area contributed by atoms with Crippen molar-refractivity contribution in [3.8, 4) is 0 Å². The molecule has 1 aliphatic rings. The lowest BCUT2D eigenvalue weighted by atomic mass is 9.85. The third-order valence-corrected chi connectivity index (χ3v) is 4.60. The van der Waals surface area contributed by atoms with Gasteiger partial charge in [0.2, 0.25) is 0 Å². The van der Waals surface area contributed by atoms with E-state index in [9.17, 15) is 4.79 Å². The zero-order chi connectivity index (χ0) is 11.4. The first-order chi connectivity index (χ1) is 7.81. The van der Waals surface area contributed by atoms with Crippen LogP contribution in [0.15, 0.2) is 24.3 Å². The van der Waals surface area contributed by atoms with Crippen LogP contribution in [0.25, 0.3) is 0 Å². The van der Waals surface area contributed by atoms with Gasteiger partial charge in [0.15, 0.2) is 0 Å². The minimum absolute atomic E-state index is 0.0464. The Labute approximate surface area is 106 Å². The molecule has 86 valence electrons. The zero-order valence-corrected chi connectivity index (χ0v) is 10.6. The summed E-state index contributed by atoms with van der Waals surface area (Å²) in [6, 6.07) is 7.67. The minimum Gasteiger partial charge on any atom is -0.303 e. The fourth-order valence-corrected chi connectivity index (χ4v) is 3.54. The van der Waals surface area contributed by atoms with Gasteiger partial charge in [-0.25, -0.2) is 0 Å². The fourth-order valence-electron chi connectivity index (χ4n) is 2.20. The summed E-state index contributed by atoms with van der Waals surface area (Å²) >= 11 is 7.81. The second kappa shape index (κ2) is 5.74. The fraction of sp³-hybridized carbons (Fsp3) is 0.462. The van der Waals surface area contributed by atoms with Crippen molar-refractivity contribution in [3.63, 3.8) is 0 Å². The van der Waals surface area contributed by atoms with E-state index in [1.54, 1.807) is 0 Å². The number of benzene rings is 1. The number of carbonyl (C=O) groups excluding carboxylic acids is 1. The highest BCUT2D eigenvalue weighted by Gasteiger charge is 2.24. The van der Waals surface area contributed by atoms with Gasteiger partial charge in [-0.3, -0.25) is 0 Å². The molecule has 0 radical (unpaired) electrons. The number of halogens is 1. The molecule has 1 saturated heterocycles. The van der Waals surface area contributed by atoms with Crippen LogP contribution in [-0.4, -0.2) is 17.8 Å². The van der Waals surface area contributed by atoms with Gasteiger partial charge >= 0.3 is 0 Å². The molecule has 16 heavy (non-hydrogen) atoms. The molecule has 0 N–H and O–H groups in total. The summed E-state index contributed by atoms with van der Waals surface area (Å²) in [6.07, 6.45) is 3.49. The maximum absolute atomic E-state index is 11.2. The Balaban J connectivity index is 2.14. The van der Waals surface area contributed by atoms with E-state index in [0.29, 0.717) is 5.92 Å². The molecule has 2 atom stereocenters. The van der Waals surface area contributed by atoms with Gasteiger partial charge in [-0.15, -0.1) is 0 Å². The van der Waals surface area contributed by atoms with Crippen molar-refractivity contribution in [1.82, 2.24) is 0 Å². The number of rotatable bonds is 3. The summed E-state index contributed by atoms with van der Waals surface area (Å²) in [5.41, 5.74) is 1.10. The van der Waals surface area contributed by atoms with E-state index >= 15 is 0 Å². The summed E-state index contributed by atoms with van der Waals surface area (Å²) in [5, 5.41) is 0.728. The molecule has 1 fully saturated rings. The second-order valence-electron chi connectivity index (χ2n) is 4.19. The molecule has 2 unspecified atom stereocenters. The second-order valence-corrected chi connectivity index (χ2v) is 5.78. The lowest BCUT2D eigenvalue weighted by Gasteiger charge is -2.26. The van der Waals surface area contributed by atoms with Gasteiger partial charge in [-0.05, 0) is 48.0 Å². The van der Waals surface area contributed by atoms with Crippen molar-refractivity contribution in [2.24, 2.45) is 5.92 Å². The molecule has 2 rings (SSSR count). The van der Waals surface area contributed by atoms with Crippen molar-refractivity contribution in [3.05, 3.63) is 34.9 Å². The van der Waals surface area contributed by atoms with Crippen LogP contribution in [-0.2, 0) is 4.79 Å². The first kappa shape index (κ1) is 12.0. The van der Waals surface area contributed by atoms with E-state index in [1.807, 2.05) is 36.0 Å². The normalized spacial score (nSPS) is 22.7. The van der Waals surface area contributed by atoms with Crippen LogP contribution < -0.4 is 0 Å². The predicted octanol–water partition coefficient (Wildman–Crippen LogP) is 3.77. The van der Waals surface area contributed by atoms with Gasteiger partial charge in [-0.1, -0.05) is 23.7 Å². The van der Waals surface area contributed by atoms with Crippen molar-refractivity contribution >= 4 is 29.6 Å². The summed E-state index contributed by atoms with van der Waals surface area (Å²) in [4.78, 5) is 11.2. The van der Waals surface area contributed by atoms with Crippen LogP contribution in [0, 0.1) is 5.92 Å². The Hall–Kier alpha value is -0.470. The number of hydrogen-bond acceptors (Lipinski definition) is 2. The standard InChI is InChI=1S/C13H15ClOS/c14-12-5-3-10(4-6-12)13(8-15)11-2-1-7-16-9-11/h3-6,8,11,13H,1-2,7,9H2. The van der Waals surface area contributed by atoms with Crippen molar-refractivity contribution in [1.29, 1.82) is 0 Å². The quantitative estimate of drug-likeness (QED) is 0.764. The Morgan fingerprint density at radius 2 is 2.12 bits per heavy atom. The molecular formula is C13H15ClOS. The zero-order valence-electron chi connectivity index (χ0n) is 9.06. The predicted molar refractivity (Wildman–Crippen MR) is 70.3 cm³/mol. The molecule has 1 nitrogen and oxygen atoms in total. The molecule has 0 spiro atoms. The number of aldehydes is 1. The molecule has 3 heteroatoms. The summed E-state index contributed by atoms with van der Waals surface area (Å²) in [5.74, 6) is 2.89. The molecular weight excluding hydrogens is 240 g/mol. The SMILES string of the molecule is O=CC(c1ccc(Cl)cc1)C1CCCSC1. The average molecular weight is 255 g/mol. The van der Waals surface area contributed by atoms with Crippen molar-refractivity contribution in [2.45, 2.75) is 18.8 Å². The Kier molecular flexibility index (Phi) is 4.30. The van der Waals surface area contributed by atoms with Gasteiger partial charge < -0.3 is 4.79 Å². The summed E-state index contributed by atoms with van der Waals surface area (Å²) in [6.45, 7) is 0. The van der Waals surface area contributed by atoms with Gasteiger partial charge in [0.25, 0.3) is 0 Å². The maximum atomic E-state index is 11.2. The van der Waals surface area contributed by atoms with E-state index in [0.717, 1.165) is 22.6 Å². The van der Waals surface area contributed by atoms with Crippen LogP contribution in [0.3, 0.4) is 0 Å². The molecule has 0 aliphatic carbocycles.